The zero-order chi connectivity index (χ0) is 63.2. The maximum Gasteiger partial charge on any atom is 0.472 e. The van der Waals surface area contributed by atoms with Crippen molar-refractivity contribution in [3.63, 3.8) is 0 Å². The minimum atomic E-state index is -4.95. The van der Waals surface area contributed by atoms with Gasteiger partial charge >= 0.3 is 39.5 Å². The average molecular weight is 1260 g/mol. The van der Waals surface area contributed by atoms with Crippen LogP contribution in [0.2, 0.25) is 0 Å². The number of hydrogen-bond donors (Lipinski definition) is 3. The summed E-state index contributed by atoms with van der Waals surface area (Å²) in [5.74, 6) is 0.817. The van der Waals surface area contributed by atoms with Gasteiger partial charge in [0.05, 0.1) is 26.4 Å². The van der Waals surface area contributed by atoms with Crippen LogP contribution in [0, 0.1) is 23.7 Å². The Morgan fingerprint density at radius 1 is 0.329 bits per heavy atom. The fraction of sp³-hybridized carbons (Fsp3) is 0.939. The molecule has 3 N–H and O–H groups in total. The fourth-order valence-electron chi connectivity index (χ4n) is 9.72. The van der Waals surface area contributed by atoms with Crippen LogP contribution < -0.4 is 0 Å². The van der Waals surface area contributed by atoms with Gasteiger partial charge in [0, 0.05) is 25.7 Å². The van der Waals surface area contributed by atoms with E-state index in [1.165, 1.54) is 116 Å². The van der Waals surface area contributed by atoms with Crippen molar-refractivity contribution in [2.24, 2.45) is 23.7 Å². The summed E-state index contributed by atoms with van der Waals surface area (Å²) in [7, 11) is -9.89. The van der Waals surface area contributed by atoms with Crippen LogP contribution in [0.5, 0.6) is 0 Å². The number of aliphatic hydroxyl groups excluding tert-OH is 1. The molecule has 0 saturated heterocycles. The molecule has 17 nitrogen and oxygen atoms in total. The molecule has 0 aromatic rings. The van der Waals surface area contributed by atoms with Crippen molar-refractivity contribution in [1.29, 1.82) is 0 Å². The quantitative estimate of drug-likeness (QED) is 0.0222. The standard InChI is InChI=1S/C66H128O17P2/c1-9-58(7)44-36-28-20-13-11-12-14-22-32-40-48-65(70)82-61(52-76-63(68)46-38-30-21-16-15-18-26-34-42-56(3)4)54-80-84(72,73)78-50-60(67)51-79-85(74,75)81-55-62(83-66(71)49-41-33-23-17-19-27-35-43-57(5)6)53-77-64(69)47-39-31-25-24-29-37-45-59(8)10-2/h56-62,67H,9-55H2,1-8H3,(H,72,73)(H,74,75)/t58?,59?,60?,61-,62-/m1/s1. The Kier molecular flexibility index (Phi) is 54.8. The first-order valence-corrected chi connectivity index (χ1v) is 37.3. The molecule has 0 heterocycles. The van der Waals surface area contributed by atoms with Crippen LogP contribution in [0.1, 0.15) is 319 Å². The molecule has 0 aliphatic carbocycles. The molecule has 0 spiro atoms. The summed E-state index contributed by atoms with van der Waals surface area (Å²) >= 11 is 0. The molecule has 0 aliphatic rings. The molecule has 85 heavy (non-hydrogen) atoms. The normalized spacial score (nSPS) is 15.0. The molecular weight excluding hydrogens is 1130 g/mol. The molecule has 0 aromatic carbocycles. The Morgan fingerprint density at radius 2 is 0.565 bits per heavy atom. The molecule has 504 valence electrons. The van der Waals surface area contributed by atoms with E-state index in [1.807, 2.05) is 0 Å². The van der Waals surface area contributed by atoms with Gasteiger partial charge in [0.1, 0.15) is 19.3 Å². The van der Waals surface area contributed by atoms with Gasteiger partial charge in [-0.25, -0.2) is 9.13 Å². The zero-order valence-electron chi connectivity index (χ0n) is 55.2. The third-order valence-corrected chi connectivity index (χ3v) is 17.7. The second kappa shape index (κ2) is 56.1. The van der Waals surface area contributed by atoms with Gasteiger partial charge in [-0.15, -0.1) is 0 Å². The van der Waals surface area contributed by atoms with E-state index in [0.29, 0.717) is 31.6 Å². The highest BCUT2D eigenvalue weighted by molar-refractivity contribution is 7.47. The summed E-state index contributed by atoms with van der Waals surface area (Å²) in [6.45, 7) is 14.0. The molecule has 19 heteroatoms. The molecule has 7 atom stereocenters. The summed E-state index contributed by atoms with van der Waals surface area (Å²) in [6.07, 6.45) is 36.3. The van der Waals surface area contributed by atoms with Gasteiger partial charge in [-0.2, -0.15) is 0 Å². The lowest BCUT2D eigenvalue weighted by Crippen LogP contribution is -2.30. The molecule has 0 aromatic heterocycles. The number of hydrogen-bond acceptors (Lipinski definition) is 15. The molecule has 0 amide bonds. The highest BCUT2D eigenvalue weighted by atomic mass is 31.2. The van der Waals surface area contributed by atoms with E-state index in [2.05, 4.69) is 55.4 Å². The van der Waals surface area contributed by atoms with E-state index in [4.69, 9.17) is 37.0 Å². The summed E-state index contributed by atoms with van der Waals surface area (Å²) in [4.78, 5) is 72.3. The maximum atomic E-state index is 13.0. The predicted octanol–water partition coefficient (Wildman–Crippen LogP) is 18.1. The number of ether oxygens (including phenoxy) is 4. The Balaban J connectivity index is 5.26. The minimum Gasteiger partial charge on any atom is -0.462 e. The zero-order valence-corrected chi connectivity index (χ0v) is 57.0. The van der Waals surface area contributed by atoms with E-state index in [1.54, 1.807) is 0 Å². The van der Waals surface area contributed by atoms with Gasteiger partial charge in [-0.3, -0.25) is 37.3 Å². The number of rotatable bonds is 63. The van der Waals surface area contributed by atoms with Crippen molar-refractivity contribution >= 4 is 39.5 Å². The topological polar surface area (TPSA) is 237 Å². The van der Waals surface area contributed by atoms with Gasteiger partial charge in [-0.05, 0) is 49.4 Å². The Bertz CT molecular complexity index is 1700. The van der Waals surface area contributed by atoms with Crippen molar-refractivity contribution in [1.82, 2.24) is 0 Å². The van der Waals surface area contributed by atoms with Crippen LogP contribution in [-0.4, -0.2) is 96.7 Å². The fourth-order valence-corrected chi connectivity index (χ4v) is 11.3. The number of carbonyl (C=O) groups excluding carboxylic acids is 4. The van der Waals surface area contributed by atoms with Crippen LogP contribution >= 0.6 is 15.6 Å². The molecule has 5 unspecified atom stereocenters. The third kappa shape index (κ3) is 58.2. The first-order chi connectivity index (χ1) is 40.7. The monoisotopic (exact) mass is 1250 g/mol. The smallest absolute Gasteiger partial charge is 0.462 e. The van der Waals surface area contributed by atoms with E-state index in [9.17, 15) is 43.2 Å². The number of phosphoric ester groups is 2. The minimum absolute atomic E-state index is 0.102. The number of phosphoric acid groups is 2. The number of carbonyl (C=O) groups is 4. The largest absolute Gasteiger partial charge is 0.472 e. The van der Waals surface area contributed by atoms with Gasteiger partial charge < -0.3 is 33.8 Å². The molecule has 0 fully saturated rings. The van der Waals surface area contributed by atoms with Gasteiger partial charge in [-0.1, -0.05) is 267 Å². The summed E-state index contributed by atoms with van der Waals surface area (Å²) in [6, 6.07) is 0. The van der Waals surface area contributed by atoms with Crippen molar-refractivity contribution in [3.05, 3.63) is 0 Å². The van der Waals surface area contributed by atoms with Crippen LogP contribution in [0.15, 0.2) is 0 Å². The van der Waals surface area contributed by atoms with Gasteiger partial charge in [0.2, 0.25) is 0 Å². The first kappa shape index (κ1) is 83.1. The van der Waals surface area contributed by atoms with Crippen molar-refractivity contribution in [2.45, 2.75) is 337 Å². The highest BCUT2D eigenvalue weighted by Crippen LogP contribution is 2.45. The average Bonchev–Trinajstić information content (AvgIpc) is 3.49. The lowest BCUT2D eigenvalue weighted by molar-refractivity contribution is -0.161. The lowest BCUT2D eigenvalue weighted by Gasteiger charge is -2.21. The maximum absolute atomic E-state index is 13.0. The van der Waals surface area contributed by atoms with Crippen LogP contribution in [0.3, 0.4) is 0 Å². The Hall–Kier alpha value is -1.94. The molecule has 0 aliphatic heterocycles. The van der Waals surface area contributed by atoms with Crippen LogP contribution in [0.4, 0.5) is 0 Å². The van der Waals surface area contributed by atoms with Crippen molar-refractivity contribution < 1.29 is 80.2 Å². The van der Waals surface area contributed by atoms with E-state index >= 15 is 0 Å². The van der Waals surface area contributed by atoms with Crippen LogP contribution in [0.25, 0.3) is 0 Å². The number of unbranched alkanes of at least 4 members (excludes halogenated alkanes) is 27. The first-order valence-electron chi connectivity index (χ1n) is 34.3. The lowest BCUT2D eigenvalue weighted by atomic mass is 9.99. The van der Waals surface area contributed by atoms with Crippen molar-refractivity contribution in [3.8, 4) is 0 Å². The predicted molar refractivity (Wildman–Crippen MR) is 340 cm³/mol. The number of aliphatic hydroxyl groups is 1. The molecule has 0 rings (SSSR count). The summed E-state index contributed by atoms with van der Waals surface area (Å²) in [5.41, 5.74) is 0. The Morgan fingerprint density at radius 3 is 0.835 bits per heavy atom. The van der Waals surface area contributed by atoms with E-state index < -0.39 is 97.5 Å². The highest BCUT2D eigenvalue weighted by Gasteiger charge is 2.30. The molecule has 0 radical (unpaired) electrons. The SMILES string of the molecule is CCC(C)CCCCCCCCCCCCC(=O)O[C@H](COC(=O)CCCCCCCCCCC(C)C)COP(=O)(O)OCC(O)COP(=O)(O)OC[C@@H](COC(=O)CCCCCCCCC(C)CC)OC(=O)CCCCCCCCCC(C)C. The second-order valence-corrected chi connectivity index (χ2v) is 28.2. The van der Waals surface area contributed by atoms with Crippen molar-refractivity contribution in [2.75, 3.05) is 39.6 Å². The third-order valence-electron chi connectivity index (χ3n) is 15.8. The Labute approximate surface area is 517 Å². The molecular formula is C66H128O17P2. The number of esters is 4. The van der Waals surface area contributed by atoms with E-state index in [-0.39, 0.29) is 25.7 Å². The summed E-state index contributed by atoms with van der Waals surface area (Å²) in [5, 5.41) is 10.5. The van der Waals surface area contributed by atoms with Gasteiger partial charge in [0.15, 0.2) is 12.2 Å². The van der Waals surface area contributed by atoms with Gasteiger partial charge in [0.25, 0.3) is 0 Å². The van der Waals surface area contributed by atoms with Crippen LogP contribution in [-0.2, 0) is 65.4 Å². The molecule has 0 bridgehead atoms. The summed E-state index contributed by atoms with van der Waals surface area (Å²) < 4.78 is 68.1. The van der Waals surface area contributed by atoms with E-state index in [0.717, 1.165) is 114 Å². The second-order valence-electron chi connectivity index (χ2n) is 25.3. The molecule has 0 saturated carbocycles.